The van der Waals surface area contributed by atoms with E-state index in [-0.39, 0.29) is 5.03 Å². The van der Waals surface area contributed by atoms with Crippen LogP contribution in [0.3, 0.4) is 0 Å². The molecule has 120 valence electrons. The Morgan fingerprint density at radius 2 is 2.14 bits per heavy atom. The maximum absolute atomic E-state index is 12.8. The molecule has 0 unspecified atom stereocenters. The van der Waals surface area contributed by atoms with Crippen molar-refractivity contribution in [3.8, 4) is 0 Å². The van der Waals surface area contributed by atoms with Crippen LogP contribution in [0.5, 0.6) is 0 Å². The molecule has 7 heteroatoms. The van der Waals surface area contributed by atoms with Gasteiger partial charge in [-0.3, -0.25) is 4.98 Å². The van der Waals surface area contributed by atoms with Gasteiger partial charge in [0.2, 0.25) is 0 Å². The summed E-state index contributed by atoms with van der Waals surface area (Å²) in [5.74, 6) is 0.676. The molecule has 2 aromatic heterocycles. The molecule has 0 spiro atoms. The Bertz CT molecular complexity index is 691. The summed E-state index contributed by atoms with van der Waals surface area (Å²) >= 11 is 0. The van der Waals surface area contributed by atoms with Crippen LogP contribution >= 0.6 is 0 Å². The Hall–Kier alpha value is -1.73. The van der Waals surface area contributed by atoms with Gasteiger partial charge in [0, 0.05) is 38.7 Å². The number of imidazole rings is 1. The molecule has 2 heterocycles. The van der Waals surface area contributed by atoms with Crippen LogP contribution in [0.2, 0.25) is 0 Å². The summed E-state index contributed by atoms with van der Waals surface area (Å²) in [4.78, 5) is 8.22. The number of nitrogens with zero attached hydrogens (tertiary/aromatic N) is 4. The zero-order chi connectivity index (χ0) is 16.2. The minimum atomic E-state index is -3.60. The Labute approximate surface area is 131 Å². The summed E-state index contributed by atoms with van der Waals surface area (Å²) in [6, 6.07) is 3.69. The Kier molecular flexibility index (Phi) is 5.31. The second-order valence-corrected chi connectivity index (χ2v) is 7.18. The zero-order valence-corrected chi connectivity index (χ0v) is 14.0. The number of rotatable bonds is 7. The lowest BCUT2D eigenvalue weighted by Crippen LogP contribution is -2.32. The molecule has 2 rings (SSSR count). The molecule has 0 N–H and O–H groups in total. The Balaban J connectivity index is 2.30. The van der Waals surface area contributed by atoms with E-state index in [0.29, 0.717) is 18.9 Å². The lowest BCUT2D eigenvalue weighted by Gasteiger charge is -2.20. The molecular weight excluding hydrogens is 300 g/mol. The van der Waals surface area contributed by atoms with Gasteiger partial charge in [0.1, 0.15) is 5.82 Å². The minimum absolute atomic E-state index is 0.104. The van der Waals surface area contributed by atoms with E-state index >= 15 is 0 Å². The molecule has 0 aliphatic heterocycles. The van der Waals surface area contributed by atoms with E-state index in [4.69, 9.17) is 0 Å². The number of aryl methyl sites for hydroxylation is 2. The molecule has 0 saturated carbocycles. The van der Waals surface area contributed by atoms with E-state index < -0.39 is 10.0 Å². The first kappa shape index (κ1) is 16.6. The summed E-state index contributed by atoms with van der Waals surface area (Å²) in [5.41, 5.74) is 0.870. The van der Waals surface area contributed by atoms with Crippen molar-refractivity contribution in [1.82, 2.24) is 18.8 Å². The highest BCUT2D eigenvalue weighted by Crippen LogP contribution is 2.18. The summed E-state index contributed by atoms with van der Waals surface area (Å²) in [5, 5.41) is 0.104. The van der Waals surface area contributed by atoms with Gasteiger partial charge in [0.15, 0.2) is 5.03 Å². The first-order valence-corrected chi connectivity index (χ1v) is 8.78. The van der Waals surface area contributed by atoms with Gasteiger partial charge >= 0.3 is 0 Å². The lowest BCUT2D eigenvalue weighted by molar-refractivity contribution is 0.396. The molecule has 0 aliphatic carbocycles. The van der Waals surface area contributed by atoms with Crippen molar-refractivity contribution < 1.29 is 8.42 Å². The van der Waals surface area contributed by atoms with Gasteiger partial charge in [-0.2, -0.15) is 4.31 Å². The maximum Gasteiger partial charge on any atom is 0.262 e. The highest BCUT2D eigenvalue weighted by molar-refractivity contribution is 7.89. The van der Waals surface area contributed by atoms with Crippen molar-refractivity contribution in [2.24, 2.45) is 7.05 Å². The second-order valence-electron chi connectivity index (χ2n) is 5.29. The van der Waals surface area contributed by atoms with Crippen molar-refractivity contribution in [3.63, 3.8) is 0 Å². The minimum Gasteiger partial charge on any atom is -0.337 e. The van der Waals surface area contributed by atoms with Crippen LogP contribution < -0.4 is 0 Å². The van der Waals surface area contributed by atoms with Gasteiger partial charge in [-0.1, -0.05) is 19.4 Å². The number of sulfonamides is 1. The molecule has 0 aromatic carbocycles. The van der Waals surface area contributed by atoms with Crippen LogP contribution in [-0.2, 0) is 23.6 Å². The van der Waals surface area contributed by atoms with Crippen LogP contribution in [0, 0.1) is 6.92 Å². The topological polar surface area (TPSA) is 68.1 Å². The monoisotopic (exact) mass is 322 g/mol. The third-order valence-electron chi connectivity index (χ3n) is 3.53. The van der Waals surface area contributed by atoms with E-state index in [1.54, 1.807) is 37.1 Å². The predicted octanol–water partition coefficient (Wildman–Crippen LogP) is 2.11. The molecule has 0 atom stereocenters. The number of unbranched alkanes of at least 4 members (excludes halogenated alkanes) is 1. The first-order valence-electron chi connectivity index (χ1n) is 7.34. The molecule has 0 saturated heterocycles. The average Bonchev–Trinajstić information content (AvgIpc) is 2.85. The lowest BCUT2D eigenvalue weighted by atomic mass is 10.3. The largest absolute Gasteiger partial charge is 0.337 e. The summed E-state index contributed by atoms with van der Waals surface area (Å²) in [7, 11) is -1.81. The third-order valence-corrected chi connectivity index (χ3v) is 5.25. The SMILES string of the molecule is CCCCN(Cc1cccnc1)S(=O)(=O)c1cn(C)c(C)n1. The number of pyridine rings is 1. The van der Waals surface area contributed by atoms with Crippen LogP contribution in [0.4, 0.5) is 0 Å². The van der Waals surface area contributed by atoms with Gasteiger partial charge in [-0.25, -0.2) is 13.4 Å². The van der Waals surface area contributed by atoms with Gasteiger partial charge in [-0.05, 0) is 25.0 Å². The molecule has 2 aromatic rings. The number of hydrogen-bond acceptors (Lipinski definition) is 4. The maximum atomic E-state index is 12.8. The van der Waals surface area contributed by atoms with Crippen molar-refractivity contribution in [3.05, 3.63) is 42.1 Å². The van der Waals surface area contributed by atoms with Gasteiger partial charge in [0.05, 0.1) is 0 Å². The third kappa shape index (κ3) is 3.72. The zero-order valence-electron chi connectivity index (χ0n) is 13.2. The molecular formula is C15H22N4O2S. The molecule has 0 fully saturated rings. The molecule has 0 radical (unpaired) electrons. The van der Waals surface area contributed by atoms with E-state index in [1.165, 1.54) is 4.31 Å². The highest BCUT2D eigenvalue weighted by atomic mass is 32.2. The number of hydrogen-bond donors (Lipinski definition) is 0. The van der Waals surface area contributed by atoms with Crippen LogP contribution in [0.1, 0.15) is 31.2 Å². The molecule has 0 amide bonds. The van der Waals surface area contributed by atoms with Crippen molar-refractivity contribution in [2.75, 3.05) is 6.54 Å². The quantitative estimate of drug-likeness (QED) is 0.783. The molecule has 0 aliphatic rings. The smallest absolute Gasteiger partial charge is 0.262 e. The summed E-state index contributed by atoms with van der Waals surface area (Å²) < 4.78 is 28.9. The highest BCUT2D eigenvalue weighted by Gasteiger charge is 2.27. The predicted molar refractivity (Wildman–Crippen MR) is 84.7 cm³/mol. The molecule has 22 heavy (non-hydrogen) atoms. The van der Waals surface area contributed by atoms with Gasteiger partial charge in [0.25, 0.3) is 10.0 Å². The van der Waals surface area contributed by atoms with Gasteiger partial charge in [-0.15, -0.1) is 0 Å². The van der Waals surface area contributed by atoms with E-state index in [1.807, 2.05) is 19.1 Å². The summed E-state index contributed by atoms with van der Waals surface area (Å²) in [6.07, 6.45) is 6.67. The Morgan fingerprint density at radius 3 is 2.68 bits per heavy atom. The fourth-order valence-electron chi connectivity index (χ4n) is 2.10. The van der Waals surface area contributed by atoms with E-state index in [9.17, 15) is 8.42 Å². The molecule has 6 nitrogen and oxygen atoms in total. The average molecular weight is 322 g/mol. The van der Waals surface area contributed by atoms with Crippen molar-refractivity contribution >= 4 is 10.0 Å². The second kappa shape index (κ2) is 7.02. The fraction of sp³-hybridized carbons (Fsp3) is 0.467. The van der Waals surface area contributed by atoms with Gasteiger partial charge < -0.3 is 4.57 Å². The summed E-state index contributed by atoms with van der Waals surface area (Å²) in [6.45, 7) is 4.62. The first-order chi connectivity index (χ1) is 10.4. The number of aromatic nitrogens is 3. The van der Waals surface area contributed by atoms with E-state index in [0.717, 1.165) is 18.4 Å². The van der Waals surface area contributed by atoms with Crippen LogP contribution in [0.15, 0.2) is 35.7 Å². The van der Waals surface area contributed by atoms with Crippen molar-refractivity contribution in [1.29, 1.82) is 0 Å². The fourth-order valence-corrected chi connectivity index (χ4v) is 3.59. The van der Waals surface area contributed by atoms with Crippen LogP contribution in [0.25, 0.3) is 0 Å². The van der Waals surface area contributed by atoms with Crippen molar-refractivity contribution in [2.45, 2.75) is 38.3 Å². The van der Waals surface area contributed by atoms with E-state index in [2.05, 4.69) is 9.97 Å². The van der Waals surface area contributed by atoms with Crippen LogP contribution in [-0.4, -0.2) is 33.8 Å². The normalized spacial score (nSPS) is 12.0. The molecule has 0 bridgehead atoms. The standard InChI is InChI=1S/C15H22N4O2S/c1-4-5-9-19(11-14-7-6-8-16-10-14)22(20,21)15-12-18(3)13(2)17-15/h6-8,10,12H,4-5,9,11H2,1-3H3. The Morgan fingerprint density at radius 1 is 1.36 bits per heavy atom.